The highest BCUT2D eigenvalue weighted by molar-refractivity contribution is 5.85. The zero-order valence-corrected chi connectivity index (χ0v) is 12.5. The van der Waals surface area contributed by atoms with Crippen molar-refractivity contribution in [2.24, 2.45) is 5.73 Å². The van der Waals surface area contributed by atoms with E-state index in [-0.39, 0.29) is 30.6 Å². The van der Waals surface area contributed by atoms with Crippen molar-refractivity contribution in [2.75, 3.05) is 7.05 Å². The smallest absolute Gasteiger partial charge is 0.406 e. The minimum atomic E-state index is -4.73. The molecule has 1 amide bonds. The van der Waals surface area contributed by atoms with Gasteiger partial charge in [0, 0.05) is 13.6 Å². The molecule has 0 aliphatic carbocycles. The zero-order valence-electron chi connectivity index (χ0n) is 11.7. The Morgan fingerprint density at radius 1 is 1.43 bits per heavy atom. The average molecular weight is 327 g/mol. The third-order valence-electron chi connectivity index (χ3n) is 2.69. The van der Waals surface area contributed by atoms with Crippen LogP contribution in [0.1, 0.15) is 18.9 Å². The Balaban J connectivity index is 0.00000400. The van der Waals surface area contributed by atoms with Gasteiger partial charge in [0.1, 0.15) is 5.75 Å². The van der Waals surface area contributed by atoms with Gasteiger partial charge in [-0.15, -0.1) is 25.6 Å². The molecule has 120 valence electrons. The van der Waals surface area contributed by atoms with Crippen LogP contribution in [0, 0.1) is 0 Å². The van der Waals surface area contributed by atoms with Crippen molar-refractivity contribution in [3.8, 4) is 5.75 Å². The minimum Gasteiger partial charge on any atom is -0.406 e. The number of carbonyl (C=O) groups is 1. The van der Waals surface area contributed by atoms with Crippen molar-refractivity contribution in [1.29, 1.82) is 0 Å². The number of hydrogen-bond acceptors (Lipinski definition) is 3. The van der Waals surface area contributed by atoms with Crippen molar-refractivity contribution in [3.63, 3.8) is 0 Å². The van der Waals surface area contributed by atoms with E-state index < -0.39 is 12.4 Å². The summed E-state index contributed by atoms with van der Waals surface area (Å²) in [6, 6.07) is 4.90. The van der Waals surface area contributed by atoms with E-state index >= 15 is 0 Å². The van der Waals surface area contributed by atoms with E-state index in [1.54, 1.807) is 20.0 Å². The van der Waals surface area contributed by atoms with Crippen molar-refractivity contribution in [2.45, 2.75) is 32.3 Å². The van der Waals surface area contributed by atoms with Crippen molar-refractivity contribution in [1.82, 2.24) is 4.90 Å². The Labute approximate surface area is 127 Å². The van der Waals surface area contributed by atoms with Gasteiger partial charge in [0.15, 0.2) is 0 Å². The van der Waals surface area contributed by atoms with E-state index in [9.17, 15) is 18.0 Å². The Kier molecular flexibility index (Phi) is 7.52. The molecule has 0 aliphatic heterocycles. The number of carbonyl (C=O) groups excluding carboxylic acids is 1. The first kappa shape index (κ1) is 19.5. The maximum atomic E-state index is 12.1. The van der Waals surface area contributed by atoms with Crippen LogP contribution in [0.25, 0.3) is 0 Å². The largest absolute Gasteiger partial charge is 0.573 e. The van der Waals surface area contributed by atoms with E-state index in [1.165, 1.54) is 23.1 Å². The molecule has 0 fully saturated rings. The Hall–Kier alpha value is -1.47. The van der Waals surface area contributed by atoms with Gasteiger partial charge in [0.25, 0.3) is 0 Å². The van der Waals surface area contributed by atoms with E-state index in [4.69, 9.17) is 5.73 Å². The number of ether oxygens (including phenoxy) is 1. The molecule has 0 aliphatic rings. The highest BCUT2D eigenvalue weighted by atomic mass is 35.5. The number of alkyl halides is 3. The topological polar surface area (TPSA) is 55.6 Å². The number of nitrogens with two attached hydrogens (primary N) is 1. The molecule has 0 saturated carbocycles. The molecular formula is C13H18ClF3N2O2. The lowest BCUT2D eigenvalue weighted by Gasteiger charge is -2.21. The average Bonchev–Trinajstić information content (AvgIpc) is 2.35. The van der Waals surface area contributed by atoms with E-state index in [0.717, 1.165) is 0 Å². The summed E-state index contributed by atoms with van der Waals surface area (Å²) in [5, 5.41) is 0. The van der Waals surface area contributed by atoms with Crippen LogP contribution in [-0.4, -0.2) is 30.3 Å². The second kappa shape index (κ2) is 8.09. The lowest BCUT2D eigenvalue weighted by Crippen LogP contribution is -2.40. The molecule has 1 aromatic rings. The van der Waals surface area contributed by atoms with Gasteiger partial charge in [0.2, 0.25) is 5.91 Å². The fourth-order valence-electron chi connectivity index (χ4n) is 1.65. The maximum Gasteiger partial charge on any atom is 0.573 e. The molecule has 21 heavy (non-hydrogen) atoms. The fourth-order valence-corrected chi connectivity index (χ4v) is 1.65. The predicted octanol–water partition coefficient (Wildman–Crippen LogP) is 2.70. The van der Waals surface area contributed by atoms with Gasteiger partial charge in [-0.25, -0.2) is 0 Å². The molecule has 0 saturated heterocycles. The van der Waals surface area contributed by atoms with Crippen LogP contribution in [-0.2, 0) is 11.3 Å². The summed E-state index contributed by atoms with van der Waals surface area (Å²) in [7, 11) is 1.55. The summed E-state index contributed by atoms with van der Waals surface area (Å²) in [5.41, 5.74) is 6.15. The van der Waals surface area contributed by atoms with Gasteiger partial charge in [-0.3, -0.25) is 4.79 Å². The summed E-state index contributed by atoms with van der Waals surface area (Å²) in [5.74, 6) is -0.565. The SMILES string of the molecule is CC[C@H](N)C(=O)N(C)Cc1cccc(OC(F)(F)F)c1.Cl. The lowest BCUT2D eigenvalue weighted by atomic mass is 10.1. The summed E-state index contributed by atoms with van der Waals surface area (Å²) < 4.78 is 40.2. The molecule has 0 bridgehead atoms. The fraction of sp³-hybridized carbons (Fsp3) is 0.462. The van der Waals surface area contributed by atoms with Gasteiger partial charge in [-0.2, -0.15) is 0 Å². The highest BCUT2D eigenvalue weighted by Gasteiger charge is 2.31. The molecule has 0 spiro atoms. The zero-order chi connectivity index (χ0) is 15.3. The summed E-state index contributed by atoms with van der Waals surface area (Å²) in [6.45, 7) is 1.95. The van der Waals surface area contributed by atoms with Crippen LogP contribution in [0.15, 0.2) is 24.3 Å². The Bertz CT molecular complexity index is 469. The third kappa shape index (κ3) is 6.68. The molecule has 0 aromatic heterocycles. The van der Waals surface area contributed by atoms with Gasteiger partial charge < -0.3 is 15.4 Å². The van der Waals surface area contributed by atoms with Crippen LogP contribution in [0.3, 0.4) is 0 Å². The van der Waals surface area contributed by atoms with Gasteiger partial charge in [0.05, 0.1) is 6.04 Å². The van der Waals surface area contributed by atoms with Crippen molar-refractivity contribution in [3.05, 3.63) is 29.8 Å². The summed E-state index contributed by atoms with van der Waals surface area (Å²) in [6.07, 6.45) is -4.23. The number of likely N-dealkylation sites (N-methyl/N-ethyl adjacent to an activating group) is 1. The molecule has 0 heterocycles. The number of rotatable bonds is 5. The van der Waals surface area contributed by atoms with Crippen molar-refractivity contribution < 1.29 is 22.7 Å². The summed E-state index contributed by atoms with van der Waals surface area (Å²) in [4.78, 5) is 13.2. The maximum absolute atomic E-state index is 12.1. The quantitative estimate of drug-likeness (QED) is 0.905. The number of benzene rings is 1. The molecule has 4 nitrogen and oxygen atoms in total. The number of hydrogen-bond donors (Lipinski definition) is 1. The summed E-state index contributed by atoms with van der Waals surface area (Å²) >= 11 is 0. The highest BCUT2D eigenvalue weighted by Crippen LogP contribution is 2.23. The van der Waals surface area contributed by atoms with Gasteiger partial charge in [-0.05, 0) is 24.1 Å². The molecule has 0 radical (unpaired) electrons. The first-order valence-corrected chi connectivity index (χ1v) is 6.08. The third-order valence-corrected chi connectivity index (χ3v) is 2.69. The normalized spacial score (nSPS) is 12.3. The van der Waals surface area contributed by atoms with Crippen LogP contribution in [0.4, 0.5) is 13.2 Å². The molecule has 1 aromatic carbocycles. The number of halogens is 4. The first-order valence-electron chi connectivity index (χ1n) is 6.08. The second-order valence-corrected chi connectivity index (χ2v) is 4.40. The Morgan fingerprint density at radius 2 is 2.05 bits per heavy atom. The van der Waals surface area contributed by atoms with Crippen LogP contribution in [0.5, 0.6) is 5.75 Å². The van der Waals surface area contributed by atoms with E-state index in [0.29, 0.717) is 12.0 Å². The molecule has 0 unspecified atom stereocenters. The van der Waals surface area contributed by atoms with E-state index in [1.807, 2.05) is 0 Å². The molecule has 2 N–H and O–H groups in total. The second-order valence-electron chi connectivity index (χ2n) is 4.40. The molecule has 1 rings (SSSR count). The van der Waals surface area contributed by atoms with Crippen molar-refractivity contribution >= 4 is 18.3 Å². The number of amides is 1. The van der Waals surface area contributed by atoms with Crippen LogP contribution < -0.4 is 10.5 Å². The molecular weight excluding hydrogens is 309 g/mol. The monoisotopic (exact) mass is 326 g/mol. The first-order chi connectivity index (χ1) is 9.23. The molecule has 8 heteroatoms. The molecule has 1 atom stereocenters. The van der Waals surface area contributed by atoms with Gasteiger partial charge >= 0.3 is 6.36 Å². The Morgan fingerprint density at radius 3 is 2.57 bits per heavy atom. The predicted molar refractivity (Wildman–Crippen MR) is 75.1 cm³/mol. The lowest BCUT2D eigenvalue weighted by molar-refractivity contribution is -0.274. The standard InChI is InChI=1S/C13H17F3N2O2.ClH/c1-3-11(17)12(19)18(2)8-9-5-4-6-10(7-9)20-13(14,15)16;/h4-7,11H,3,8,17H2,1-2H3;1H/t11-;/m0./s1. The minimum absolute atomic E-state index is 0. The number of nitrogens with zero attached hydrogens (tertiary/aromatic N) is 1. The van der Waals surface area contributed by atoms with Crippen LogP contribution in [0.2, 0.25) is 0 Å². The van der Waals surface area contributed by atoms with E-state index in [2.05, 4.69) is 4.74 Å². The van der Waals surface area contributed by atoms with Crippen LogP contribution >= 0.6 is 12.4 Å². The van der Waals surface area contributed by atoms with Gasteiger partial charge in [-0.1, -0.05) is 19.1 Å².